The maximum absolute atomic E-state index is 13.3. The number of halogens is 2. The Bertz CT molecular complexity index is 1030. The second kappa shape index (κ2) is 8.77. The maximum atomic E-state index is 13.3. The van der Waals surface area contributed by atoms with E-state index >= 15 is 0 Å². The summed E-state index contributed by atoms with van der Waals surface area (Å²) >= 11 is 0. The molecule has 1 amide bonds. The number of rotatable bonds is 7. The van der Waals surface area contributed by atoms with Crippen molar-refractivity contribution in [3.63, 3.8) is 0 Å². The number of carbonyl (C=O) groups is 1. The third-order valence-electron chi connectivity index (χ3n) is 4.81. The second-order valence-electron chi connectivity index (χ2n) is 7.85. The molecule has 0 saturated heterocycles. The monoisotopic (exact) mass is 416 g/mol. The summed E-state index contributed by atoms with van der Waals surface area (Å²) in [5.41, 5.74) is 2.88. The van der Waals surface area contributed by atoms with E-state index in [4.69, 9.17) is 4.98 Å². The minimum Gasteiger partial charge on any atom is -0.435 e. The number of pyridine rings is 1. The van der Waals surface area contributed by atoms with Gasteiger partial charge in [0.1, 0.15) is 5.75 Å². The van der Waals surface area contributed by atoms with Crippen LogP contribution in [0.4, 0.5) is 8.78 Å². The molecule has 6 nitrogen and oxygen atoms in total. The lowest BCUT2D eigenvalue weighted by Crippen LogP contribution is -2.26. The molecule has 0 unspecified atom stereocenters. The van der Waals surface area contributed by atoms with E-state index in [9.17, 15) is 13.6 Å². The molecule has 8 heteroatoms. The zero-order chi connectivity index (χ0) is 22.0. The smallest absolute Gasteiger partial charge is 0.387 e. The van der Waals surface area contributed by atoms with E-state index in [1.807, 2.05) is 38.4 Å². The van der Waals surface area contributed by atoms with Crippen molar-refractivity contribution < 1.29 is 18.3 Å². The second-order valence-corrected chi connectivity index (χ2v) is 7.85. The standard InChI is InChI=1S/C22H26F2N4O2/c1-13(2)19-10-17(18-11-25-28(14(3)4)20(18)26-19)21(29)27(5)12-15-6-8-16(9-7-15)30-22(23)24/h6-11,13-14,22H,12H2,1-5H3. The zero-order valence-corrected chi connectivity index (χ0v) is 17.8. The summed E-state index contributed by atoms with van der Waals surface area (Å²) in [6.07, 6.45) is 1.68. The van der Waals surface area contributed by atoms with Gasteiger partial charge in [-0.05, 0) is 43.5 Å². The number of benzene rings is 1. The number of alkyl halides is 2. The van der Waals surface area contributed by atoms with Crippen LogP contribution in [0.15, 0.2) is 36.5 Å². The summed E-state index contributed by atoms with van der Waals surface area (Å²) in [7, 11) is 1.71. The Hall–Kier alpha value is -3.03. The summed E-state index contributed by atoms with van der Waals surface area (Å²) in [5, 5.41) is 5.14. The van der Waals surface area contributed by atoms with E-state index in [0.29, 0.717) is 23.1 Å². The molecule has 0 aliphatic rings. The molecule has 0 spiro atoms. The van der Waals surface area contributed by atoms with Crippen molar-refractivity contribution in [2.24, 2.45) is 0 Å². The van der Waals surface area contributed by atoms with Crippen LogP contribution in [-0.2, 0) is 6.54 Å². The van der Waals surface area contributed by atoms with Gasteiger partial charge in [0, 0.05) is 25.3 Å². The molecule has 0 radical (unpaired) electrons. The molecular formula is C22H26F2N4O2. The van der Waals surface area contributed by atoms with Crippen LogP contribution in [-0.4, -0.2) is 39.2 Å². The van der Waals surface area contributed by atoms with E-state index in [1.54, 1.807) is 30.3 Å². The fourth-order valence-corrected chi connectivity index (χ4v) is 3.22. The summed E-state index contributed by atoms with van der Waals surface area (Å²) in [5.74, 6) is 0.0888. The van der Waals surface area contributed by atoms with E-state index in [-0.39, 0.29) is 23.6 Å². The number of carbonyl (C=O) groups excluding carboxylic acids is 1. The van der Waals surface area contributed by atoms with Gasteiger partial charge in [-0.3, -0.25) is 4.79 Å². The minimum absolute atomic E-state index is 0.0845. The largest absolute Gasteiger partial charge is 0.435 e. The van der Waals surface area contributed by atoms with Crippen LogP contribution in [0.1, 0.15) is 61.3 Å². The lowest BCUT2D eigenvalue weighted by molar-refractivity contribution is -0.0498. The molecule has 2 aromatic heterocycles. The number of nitrogens with zero attached hydrogens (tertiary/aromatic N) is 4. The van der Waals surface area contributed by atoms with Gasteiger partial charge in [-0.1, -0.05) is 26.0 Å². The van der Waals surface area contributed by atoms with Crippen molar-refractivity contribution in [3.8, 4) is 5.75 Å². The fourth-order valence-electron chi connectivity index (χ4n) is 3.22. The molecule has 3 aromatic rings. The maximum Gasteiger partial charge on any atom is 0.387 e. The van der Waals surface area contributed by atoms with Crippen LogP contribution in [0.3, 0.4) is 0 Å². The number of amides is 1. The van der Waals surface area contributed by atoms with Crippen molar-refractivity contribution in [3.05, 3.63) is 53.3 Å². The van der Waals surface area contributed by atoms with Crippen LogP contribution in [0.5, 0.6) is 5.75 Å². The highest BCUT2D eigenvalue weighted by Crippen LogP contribution is 2.26. The average molecular weight is 416 g/mol. The lowest BCUT2D eigenvalue weighted by atomic mass is 10.0. The van der Waals surface area contributed by atoms with Gasteiger partial charge in [0.25, 0.3) is 5.91 Å². The van der Waals surface area contributed by atoms with Gasteiger partial charge in [-0.25, -0.2) is 9.67 Å². The zero-order valence-electron chi connectivity index (χ0n) is 17.8. The molecule has 0 bridgehead atoms. The van der Waals surface area contributed by atoms with Crippen molar-refractivity contribution in [2.75, 3.05) is 7.05 Å². The Labute approximate surface area is 174 Å². The minimum atomic E-state index is -2.86. The molecule has 0 aliphatic carbocycles. The van der Waals surface area contributed by atoms with Gasteiger partial charge < -0.3 is 9.64 Å². The van der Waals surface area contributed by atoms with Crippen molar-refractivity contribution in [1.82, 2.24) is 19.7 Å². The van der Waals surface area contributed by atoms with E-state index in [1.165, 1.54) is 12.1 Å². The molecule has 1 aromatic carbocycles. The Kier molecular flexibility index (Phi) is 6.34. The molecule has 0 saturated carbocycles. The molecule has 0 atom stereocenters. The Morgan fingerprint density at radius 1 is 1.17 bits per heavy atom. The van der Waals surface area contributed by atoms with Crippen LogP contribution >= 0.6 is 0 Å². The Balaban J connectivity index is 1.89. The first-order valence-electron chi connectivity index (χ1n) is 9.84. The molecule has 160 valence electrons. The normalized spacial score (nSPS) is 11.7. The molecule has 0 aliphatic heterocycles. The first kappa shape index (κ1) is 21.7. The number of fused-ring (bicyclic) bond motifs is 1. The molecule has 0 fully saturated rings. The van der Waals surface area contributed by atoms with Gasteiger partial charge in [-0.2, -0.15) is 13.9 Å². The molecule has 3 rings (SSSR count). The third kappa shape index (κ3) is 4.58. The highest BCUT2D eigenvalue weighted by Gasteiger charge is 2.21. The third-order valence-corrected chi connectivity index (χ3v) is 4.81. The van der Waals surface area contributed by atoms with Gasteiger partial charge in [0.05, 0.1) is 17.1 Å². The summed E-state index contributed by atoms with van der Waals surface area (Å²) in [6.45, 7) is 5.57. The Morgan fingerprint density at radius 2 is 1.83 bits per heavy atom. The molecular weight excluding hydrogens is 390 g/mol. The van der Waals surface area contributed by atoms with Gasteiger partial charge in [0.2, 0.25) is 0 Å². The lowest BCUT2D eigenvalue weighted by Gasteiger charge is -2.19. The van der Waals surface area contributed by atoms with Crippen molar-refractivity contribution in [1.29, 1.82) is 0 Å². The predicted octanol–water partition coefficient (Wildman–Crippen LogP) is 5.01. The first-order valence-corrected chi connectivity index (χ1v) is 9.84. The van der Waals surface area contributed by atoms with E-state index < -0.39 is 6.61 Å². The van der Waals surface area contributed by atoms with Crippen LogP contribution in [0.2, 0.25) is 0 Å². The van der Waals surface area contributed by atoms with Crippen molar-refractivity contribution >= 4 is 16.9 Å². The van der Waals surface area contributed by atoms with Crippen LogP contribution in [0, 0.1) is 0 Å². The van der Waals surface area contributed by atoms with Crippen LogP contribution in [0.25, 0.3) is 11.0 Å². The highest BCUT2D eigenvalue weighted by molar-refractivity contribution is 6.05. The molecule has 30 heavy (non-hydrogen) atoms. The average Bonchev–Trinajstić information content (AvgIpc) is 3.12. The van der Waals surface area contributed by atoms with E-state index in [0.717, 1.165) is 11.3 Å². The highest BCUT2D eigenvalue weighted by atomic mass is 19.3. The number of aromatic nitrogens is 3. The van der Waals surface area contributed by atoms with Gasteiger partial charge in [0.15, 0.2) is 5.65 Å². The fraction of sp³-hybridized carbons (Fsp3) is 0.409. The summed E-state index contributed by atoms with van der Waals surface area (Å²) in [6, 6.07) is 8.21. The summed E-state index contributed by atoms with van der Waals surface area (Å²) < 4.78 is 30.8. The number of ether oxygens (including phenoxy) is 1. The summed E-state index contributed by atoms with van der Waals surface area (Å²) in [4.78, 5) is 19.6. The Morgan fingerprint density at radius 3 is 2.40 bits per heavy atom. The number of hydrogen-bond donors (Lipinski definition) is 0. The molecule has 2 heterocycles. The quantitative estimate of drug-likeness (QED) is 0.543. The topological polar surface area (TPSA) is 60.3 Å². The number of hydrogen-bond acceptors (Lipinski definition) is 4. The van der Waals surface area contributed by atoms with E-state index in [2.05, 4.69) is 9.84 Å². The van der Waals surface area contributed by atoms with Gasteiger partial charge in [-0.15, -0.1) is 0 Å². The van der Waals surface area contributed by atoms with Gasteiger partial charge >= 0.3 is 6.61 Å². The first-order chi connectivity index (χ1) is 14.2. The van der Waals surface area contributed by atoms with Crippen molar-refractivity contribution in [2.45, 2.75) is 52.8 Å². The SMILES string of the molecule is CC(C)c1cc(C(=O)N(C)Cc2ccc(OC(F)F)cc2)c2cnn(C(C)C)c2n1. The molecule has 0 N–H and O–H groups in total. The van der Waals surface area contributed by atoms with Crippen LogP contribution < -0.4 is 4.74 Å². The predicted molar refractivity (Wildman–Crippen MR) is 111 cm³/mol.